The van der Waals surface area contributed by atoms with E-state index in [0.717, 1.165) is 29.3 Å². The summed E-state index contributed by atoms with van der Waals surface area (Å²) < 4.78 is 0. The number of aryl methyl sites for hydroxylation is 1. The zero-order chi connectivity index (χ0) is 21.7. The molecular formula is C25H34N2O. The van der Waals surface area contributed by atoms with Crippen LogP contribution in [0.5, 0.6) is 0 Å². The second-order valence-electron chi connectivity index (χ2n) is 7.28. The Kier molecular flexibility index (Phi) is 11.5. The van der Waals surface area contributed by atoms with Crippen LogP contribution in [0.1, 0.15) is 71.9 Å². The number of hydrogen-bond acceptors (Lipinski definition) is 3. The van der Waals surface area contributed by atoms with E-state index < -0.39 is 5.41 Å². The first kappa shape index (κ1) is 25.4. The number of benzene rings is 1. The summed E-state index contributed by atoms with van der Waals surface area (Å²) in [7, 11) is 0. The van der Waals surface area contributed by atoms with Crippen molar-refractivity contribution in [1.29, 1.82) is 5.26 Å². The number of aromatic nitrogens is 1. The van der Waals surface area contributed by atoms with E-state index in [0.29, 0.717) is 6.42 Å². The molecule has 2 rings (SSSR count). The normalized spacial score (nSPS) is 11.8. The third-order valence-corrected chi connectivity index (χ3v) is 4.28. The third kappa shape index (κ3) is 8.36. The van der Waals surface area contributed by atoms with Gasteiger partial charge in [0.05, 0.1) is 17.0 Å². The summed E-state index contributed by atoms with van der Waals surface area (Å²) in [6, 6.07) is 10.4. The van der Waals surface area contributed by atoms with Crippen LogP contribution in [0, 0.1) is 41.9 Å². The second kappa shape index (κ2) is 12.7. The Labute approximate surface area is 171 Å². The van der Waals surface area contributed by atoms with Gasteiger partial charge in [-0.1, -0.05) is 58.6 Å². The molecule has 0 aliphatic heterocycles. The zero-order valence-corrected chi connectivity index (χ0v) is 18.5. The van der Waals surface area contributed by atoms with E-state index in [1.54, 1.807) is 6.20 Å². The Morgan fingerprint density at radius 3 is 2.43 bits per heavy atom. The average molecular weight is 379 g/mol. The van der Waals surface area contributed by atoms with Crippen molar-refractivity contribution in [1.82, 2.24) is 4.98 Å². The van der Waals surface area contributed by atoms with Crippen LogP contribution >= 0.6 is 0 Å². The lowest BCUT2D eigenvalue weighted by Gasteiger charge is -2.20. The average Bonchev–Trinajstić information content (AvgIpc) is 2.69. The Hall–Kier alpha value is -2.65. The molecule has 0 aliphatic carbocycles. The van der Waals surface area contributed by atoms with Gasteiger partial charge in [0.25, 0.3) is 0 Å². The lowest BCUT2D eigenvalue weighted by molar-refractivity contribution is -0.123. The highest BCUT2D eigenvalue weighted by Gasteiger charge is 2.27. The summed E-state index contributed by atoms with van der Waals surface area (Å²) >= 11 is 0. The van der Waals surface area contributed by atoms with Crippen molar-refractivity contribution in [3.8, 4) is 18.4 Å². The number of carbonyl (C=O) groups excluding carboxylic acids is 1. The van der Waals surface area contributed by atoms with Crippen LogP contribution in [-0.4, -0.2) is 10.8 Å². The summed E-state index contributed by atoms with van der Waals surface area (Å²) in [5.74, 6) is 2.81. The zero-order valence-electron chi connectivity index (χ0n) is 18.5. The number of Topliss-reactive ketones (excluding diaryl/α,β-unsaturated/α-hetero) is 1. The van der Waals surface area contributed by atoms with Crippen LogP contribution in [0.25, 0.3) is 10.9 Å². The lowest BCUT2D eigenvalue weighted by Crippen LogP contribution is -2.21. The summed E-state index contributed by atoms with van der Waals surface area (Å²) in [4.78, 5) is 15.7. The summed E-state index contributed by atoms with van der Waals surface area (Å²) in [5, 5.41) is 10.1. The number of terminal acetylenes is 1. The van der Waals surface area contributed by atoms with Crippen molar-refractivity contribution in [3.63, 3.8) is 0 Å². The first-order valence-corrected chi connectivity index (χ1v) is 10.0. The van der Waals surface area contributed by atoms with Crippen LogP contribution in [0.4, 0.5) is 0 Å². The number of ketones is 1. The topological polar surface area (TPSA) is 53.8 Å². The van der Waals surface area contributed by atoms with E-state index in [-0.39, 0.29) is 11.7 Å². The standard InChI is InChI=1S/C12H9N.C11H19NO.C2H6/c1-3-10-7-11-6-9(2)4-5-12(11)13-8-10;1-5-6-11(4,8-12)7-10(13)9(2)3;1-2/h1,4-8H,2H3;9H,5-7H2,1-4H3;1-2H3. The number of carbonyl (C=O) groups is 1. The molecule has 0 fully saturated rings. The van der Waals surface area contributed by atoms with E-state index in [2.05, 4.69) is 30.0 Å². The molecule has 0 N–H and O–H groups in total. The van der Waals surface area contributed by atoms with Crippen molar-refractivity contribution < 1.29 is 4.79 Å². The molecule has 0 radical (unpaired) electrons. The monoisotopic (exact) mass is 378 g/mol. The SMILES string of the molecule is C#Cc1cnc2ccc(C)cc2c1.CC.CCCC(C)(C#N)CC(=O)C(C)C. The van der Waals surface area contributed by atoms with Gasteiger partial charge in [0.2, 0.25) is 0 Å². The van der Waals surface area contributed by atoms with Gasteiger partial charge in [-0.2, -0.15) is 5.26 Å². The van der Waals surface area contributed by atoms with Gasteiger partial charge in [-0.15, -0.1) is 6.42 Å². The molecule has 1 aromatic heterocycles. The molecule has 1 atom stereocenters. The van der Waals surface area contributed by atoms with Crippen molar-refractivity contribution in [2.24, 2.45) is 11.3 Å². The van der Waals surface area contributed by atoms with Crippen LogP contribution in [-0.2, 0) is 4.79 Å². The highest BCUT2D eigenvalue weighted by Crippen LogP contribution is 2.28. The third-order valence-electron chi connectivity index (χ3n) is 4.28. The Morgan fingerprint density at radius 1 is 1.29 bits per heavy atom. The maximum Gasteiger partial charge on any atom is 0.137 e. The fraction of sp³-hybridized carbons (Fsp3) is 0.480. The van der Waals surface area contributed by atoms with Gasteiger partial charge in [-0.25, -0.2) is 0 Å². The molecule has 0 aliphatic rings. The van der Waals surface area contributed by atoms with Crippen LogP contribution in [0.15, 0.2) is 30.5 Å². The number of pyridine rings is 1. The predicted octanol–water partition coefficient (Wildman–Crippen LogP) is 6.48. The Bertz CT molecular complexity index is 840. The molecular weight excluding hydrogens is 344 g/mol. The maximum absolute atomic E-state index is 11.4. The van der Waals surface area contributed by atoms with Crippen LogP contribution in [0.2, 0.25) is 0 Å². The largest absolute Gasteiger partial charge is 0.299 e. The molecule has 0 bridgehead atoms. The molecule has 0 spiro atoms. The molecule has 0 amide bonds. The van der Waals surface area contributed by atoms with Gasteiger partial charge in [0, 0.05) is 29.5 Å². The molecule has 0 saturated carbocycles. The number of nitrogens with zero attached hydrogens (tertiary/aromatic N) is 2. The number of nitriles is 1. The molecule has 1 unspecified atom stereocenters. The Morgan fingerprint density at radius 2 is 1.93 bits per heavy atom. The fourth-order valence-electron chi connectivity index (χ4n) is 2.65. The van der Waals surface area contributed by atoms with Gasteiger partial charge in [-0.3, -0.25) is 9.78 Å². The molecule has 3 nitrogen and oxygen atoms in total. The van der Waals surface area contributed by atoms with Crippen molar-refractivity contribution >= 4 is 16.7 Å². The fourth-order valence-corrected chi connectivity index (χ4v) is 2.65. The summed E-state index contributed by atoms with van der Waals surface area (Å²) in [6.45, 7) is 13.7. The number of hydrogen-bond donors (Lipinski definition) is 0. The molecule has 1 heterocycles. The van der Waals surface area contributed by atoms with E-state index in [9.17, 15) is 4.79 Å². The molecule has 1 aromatic carbocycles. The van der Waals surface area contributed by atoms with E-state index in [4.69, 9.17) is 11.7 Å². The highest BCUT2D eigenvalue weighted by atomic mass is 16.1. The number of rotatable bonds is 5. The van der Waals surface area contributed by atoms with Gasteiger partial charge in [-0.05, 0) is 38.5 Å². The second-order valence-corrected chi connectivity index (χ2v) is 7.28. The van der Waals surface area contributed by atoms with Gasteiger partial charge < -0.3 is 0 Å². The van der Waals surface area contributed by atoms with E-state index in [1.807, 2.05) is 59.7 Å². The minimum absolute atomic E-state index is 0.0459. The van der Waals surface area contributed by atoms with Crippen molar-refractivity contribution in [2.75, 3.05) is 0 Å². The minimum Gasteiger partial charge on any atom is -0.299 e. The maximum atomic E-state index is 11.4. The summed E-state index contributed by atoms with van der Waals surface area (Å²) in [6.07, 6.45) is 9.17. The van der Waals surface area contributed by atoms with Crippen molar-refractivity contribution in [3.05, 3.63) is 41.6 Å². The molecule has 0 saturated heterocycles. The van der Waals surface area contributed by atoms with Crippen LogP contribution < -0.4 is 0 Å². The van der Waals surface area contributed by atoms with E-state index >= 15 is 0 Å². The molecule has 2 aromatic rings. The highest BCUT2D eigenvalue weighted by molar-refractivity contribution is 5.81. The summed E-state index contributed by atoms with van der Waals surface area (Å²) in [5.41, 5.74) is 2.60. The molecule has 28 heavy (non-hydrogen) atoms. The minimum atomic E-state index is -0.448. The van der Waals surface area contributed by atoms with Gasteiger partial charge >= 0.3 is 0 Å². The van der Waals surface area contributed by atoms with Gasteiger partial charge in [0.15, 0.2) is 0 Å². The first-order chi connectivity index (χ1) is 13.2. The van der Waals surface area contributed by atoms with Gasteiger partial charge in [0.1, 0.15) is 5.78 Å². The first-order valence-electron chi connectivity index (χ1n) is 10.0. The molecule has 3 heteroatoms. The number of fused-ring (bicyclic) bond motifs is 1. The predicted molar refractivity (Wildman–Crippen MR) is 119 cm³/mol. The smallest absolute Gasteiger partial charge is 0.137 e. The lowest BCUT2D eigenvalue weighted by atomic mass is 9.80. The van der Waals surface area contributed by atoms with Crippen LogP contribution in [0.3, 0.4) is 0 Å². The van der Waals surface area contributed by atoms with Crippen molar-refractivity contribution in [2.45, 2.75) is 67.7 Å². The molecule has 150 valence electrons. The quantitative estimate of drug-likeness (QED) is 0.559. The van der Waals surface area contributed by atoms with E-state index in [1.165, 1.54) is 5.56 Å². The Balaban J connectivity index is 0.000000478.